The topological polar surface area (TPSA) is 66.9 Å². The van der Waals surface area contributed by atoms with Crippen LogP contribution in [0.2, 0.25) is 0 Å². The number of hydrogen-bond acceptors (Lipinski definition) is 3. The fourth-order valence-corrected chi connectivity index (χ4v) is 2.33. The molecular formula is C7H11N3OS. The summed E-state index contributed by atoms with van der Waals surface area (Å²) >= 11 is -0.989. The quantitative estimate of drug-likeness (QED) is 0.680. The second kappa shape index (κ2) is 2.67. The third-order valence-corrected chi connectivity index (χ3v) is 3.74. The van der Waals surface area contributed by atoms with Gasteiger partial charge in [0.1, 0.15) is 10.9 Å². The Labute approximate surface area is 74.1 Å². The molecule has 1 fully saturated rings. The molecule has 1 unspecified atom stereocenters. The Morgan fingerprint density at radius 1 is 1.75 bits per heavy atom. The minimum absolute atomic E-state index is 0.308. The van der Waals surface area contributed by atoms with Gasteiger partial charge < -0.3 is 10.3 Å². The molecule has 0 bridgehead atoms. The van der Waals surface area contributed by atoms with Gasteiger partial charge in [-0.3, -0.25) is 0 Å². The van der Waals surface area contributed by atoms with Crippen molar-refractivity contribution in [1.82, 2.24) is 9.19 Å². The van der Waals surface area contributed by atoms with E-state index < -0.39 is 11.4 Å². The van der Waals surface area contributed by atoms with Crippen LogP contribution in [0, 0.1) is 6.92 Å². The zero-order chi connectivity index (χ0) is 8.72. The van der Waals surface area contributed by atoms with Gasteiger partial charge in [0.25, 0.3) is 0 Å². The second-order valence-corrected chi connectivity index (χ2v) is 4.60. The Morgan fingerprint density at radius 3 is 2.83 bits per heavy atom. The lowest BCUT2D eigenvalue weighted by atomic mass is 10.4. The maximum atomic E-state index is 11.6. The maximum absolute atomic E-state index is 11.6. The molecule has 1 aromatic heterocycles. The van der Waals surface area contributed by atoms with E-state index in [0.29, 0.717) is 10.9 Å². The normalized spacial score (nSPS) is 19.5. The van der Waals surface area contributed by atoms with Crippen LogP contribution in [-0.4, -0.2) is 19.0 Å². The summed E-state index contributed by atoms with van der Waals surface area (Å²) in [6, 6.07) is 0. The van der Waals surface area contributed by atoms with E-state index in [1.165, 1.54) is 4.09 Å². The van der Waals surface area contributed by atoms with Crippen molar-refractivity contribution in [1.29, 1.82) is 0 Å². The van der Waals surface area contributed by atoms with Gasteiger partial charge in [0.05, 0.1) is 23.2 Å². The van der Waals surface area contributed by atoms with Crippen molar-refractivity contribution in [3.8, 4) is 0 Å². The molecule has 12 heavy (non-hydrogen) atoms. The summed E-state index contributed by atoms with van der Waals surface area (Å²) in [6.45, 7) is 1.84. The molecule has 2 N–H and O–H groups in total. The molecule has 0 spiro atoms. The number of rotatable bonds is 2. The lowest BCUT2D eigenvalue weighted by Crippen LogP contribution is -2.20. The van der Waals surface area contributed by atoms with Crippen molar-refractivity contribution in [3.63, 3.8) is 0 Å². The van der Waals surface area contributed by atoms with Crippen LogP contribution in [0.1, 0.15) is 18.5 Å². The summed E-state index contributed by atoms with van der Waals surface area (Å²) in [5.74, 6) is 0. The molecule has 0 amide bonds. The Balaban J connectivity index is 2.25. The van der Waals surface area contributed by atoms with Crippen LogP contribution in [0.3, 0.4) is 0 Å². The van der Waals surface area contributed by atoms with Gasteiger partial charge >= 0.3 is 0 Å². The summed E-state index contributed by atoms with van der Waals surface area (Å²) in [4.78, 5) is 0. The molecule has 0 aromatic carbocycles. The largest absolute Gasteiger partial charge is 0.591 e. The van der Waals surface area contributed by atoms with Crippen molar-refractivity contribution in [2.24, 2.45) is 0 Å². The fourth-order valence-electron chi connectivity index (χ4n) is 0.997. The van der Waals surface area contributed by atoms with Gasteiger partial charge in [-0.1, -0.05) is 4.09 Å². The number of nitrogens with zero attached hydrogens (tertiary/aromatic N) is 2. The fraction of sp³-hybridized carbons (Fsp3) is 0.571. The zero-order valence-electron chi connectivity index (χ0n) is 6.86. The minimum atomic E-state index is -0.989. The van der Waals surface area contributed by atoms with Gasteiger partial charge in [0.2, 0.25) is 0 Å². The minimum Gasteiger partial charge on any atom is -0.591 e. The molecule has 1 heterocycles. The van der Waals surface area contributed by atoms with Crippen LogP contribution >= 0.6 is 0 Å². The lowest BCUT2D eigenvalue weighted by Gasteiger charge is -2.08. The van der Waals surface area contributed by atoms with Crippen molar-refractivity contribution >= 4 is 17.0 Å². The lowest BCUT2D eigenvalue weighted by molar-refractivity contribution is 0.576. The molecule has 1 saturated carbocycles. The van der Waals surface area contributed by atoms with Crippen molar-refractivity contribution in [2.45, 2.75) is 25.0 Å². The molecule has 2 rings (SSSR count). The summed E-state index contributed by atoms with van der Waals surface area (Å²) in [7, 11) is 0. The number of hydrogen-bond donors (Lipinski definition) is 1. The maximum Gasteiger partial charge on any atom is 0.143 e. The third-order valence-electron chi connectivity index (χ3n) is 1.99. The van der Waals surface area contributed by atoms with Crippen molar-refractivity contribution in [3.05, 3.63) is 11.9 Å². The summed E-state index contributed by atoms with van der Waals surface area (Å²) in [6.07, 6.45) is 3.65. The van der Waals surface area contributed by atoms with E-state index in [1.807, 2.05) is 6.92 Å². The van der Waals surface area contributed by atoms with Gasteiger partial charge in [-0.25, -0.2) is 0 Å². The Hall–Kier alpha value is -0.680. The van der Waals surface area contributed by atoms with E-state index in [4.69, 9.17) is 5.73 Å². The van der Waals surface area contributed by atoms with Crippen LogP contribution in [0.4, 0.5) is 5.69 Å². The first kappa shape index (κ1) is 7.94. The average Bonchev–Trinajstić information content (AvgIpc) is 2.82. The van der Waals surface area contributed by atoms with Gasteiger partial charge in [-0.15, -0.1) is 5.10 Å². The summed E-state index contributed by atoms with van der Waals surface area (Å²) in [5.41, 5.74) is 7.00. The Morgan fingerprint density at radius 2 is 2.42 bits per heavy atom. The number of anilines is 1. The van der Waals surface area contributed by atoms with E-state index in [0.717, 1.165) is 18.5 Å². The van der Waals surface area contributed by atoms with Gasteiger partial charge in [0.15, 0.2) is 0 Å². The molecular weight excluding hydrogens is 174 g/mol. The highest BCUT2D eigenvalue weighted by molar-refractivity contribution is 7.90. The van der Waals surface area contributed by atoms with E-state index in [-0.39, 0.29) is 0 Å². The Bertz CT molecular complexity index is 295. The van der Waals surface area contributed by atoms with Gasteiger partial charge in [-0.05, 0) is 6.92 Å². The molecule has 0 saturated heterocycles. The molecule has 1 aliphatic carbocycles. The SMILES string of the molecule is Cc1c(N)cnn1[S+]([O-])C1CC1. The monoisotopic (exact) mass is 185 g/mol. The van der Waals surface area contributed by atoms with Crippen LogP contribution in [0.25, 0.3) is 0 Å². The predicted molar refractivity (Wildman–Crippen MR) is 47.9 cm³/mol. The first-order valence-corrected chi connectivity index (χ1v) is 5.08. The molecule has 0 radical (unpaired) electrons. The van der Waals surface area contributed by atoms with Crippen molar-refractivity contribution < 1.29 is 4.55 Å². The predicted octanol–water partition coefficient (Wildman–Crippen LogP) is 0.448. The zero-order valence-corrected chi connectivity index (χ0v) is 7.67. The van der Waals surface area contributed by atoms with E-state index in [1.54, 1.807) is 6.20 Å². The van der Waals surface area contributed by atoms with Crippen LogP contribution < -0.4 is 5.73 Å². The van der Waals surface area contributed by atoms with Gasteiger partial charge in [0, 0.05) is 12.8 Å². The molecule has 5 heteroatoms. The van der Waals surface area contributed by atoms with Crippen LogP contribution in [0.5, 0.6) is 0 Å². The van der Waals surface area contributed by atoms with Gasteiger partial charge in [-0.2, -0.15) is 0 Å². The average molecular weight is 185 g/mol. The highest BCUT2D eigenvalue weighted by Gasteiger charge is 2.37. The summed E-state index contributed by atoms with van der Waals surface area (Å²) < 4.78 is 13.1. The molecule has 1 aliphatic rings. The third kappa shape index (κ3) is 1.19. The molecule has 1 atom stereocenters. The molecule has 0 aliphatic heterocycles. The van der Waals surface area contributed by atoms with E-state index >= 15 is 0 Å². The van der Waals surface area contributed by atoms with Crippen molar-refractivity contribution in [2.75, 3.05) is 5.73 Å². The molecule has 66 valence electrons. The van der Waals surface area contributed by atoms with E-state index in [2.05, 4.69) is 5.10 Å². The highest BCUT2D eigenvalue weighted by Crippen LogP contribution is 2.30. The number of aromatic nitrogens is 2. The standard InChI is InChI=1S/C7H11N3OS/c1-5-7(8)4-9-10(5)12(11)6-2-3-6/h4,6H,2-3,8H2,1H3. The highest BCUT2D eigenvalue weighted by atomic mass is 32.2. The molecule has 4 nitrogen and oxygen atoms in total. The Kier molecular flexibility index (Phi) is 1.77. The van der Waals surface area contributed by atoms with E-state index in [9.17, 15) is 4.55 Å². The molecule has 1 aromatic rings. The summed E-state index contributed by atoms with van der Waals surface area (Å²) in [5, 5.41) is 4.28. The smallest absolute Gasteiger partial charge is 0.143 e. The second-order valence-electron chi connectivity index (χ2n) is 3.03. The number of nitrogens with two attached hydrogens (primary N) is 1. The number of nitrogen functional groups attached to an aromatic ring is 1. The first-order chi connectivity index (χ1) is 5.70. The van der Waals surface area contributed by atoms with Crippen LogP contribution in [0.15, 0.2) is 6.20 Å². The van der Waals surface area contributed by atoms with Crippen LogP contribution in [-0.2, 0) is 11.4 Å². The first-order valence-electron chi connectivity index (χ1n) is 3.91.